The Morgan fingerprint density at radius 3 is 2.73 bits per heavy atom. The average molecular weight is 373 g/mol. The second-order valence-electron chi connectivity index (χ2n) is 5.20. The summed E-state index contributed by atoms with van der Waals surface area (Å²) in [6.07, 6.45) is 0. The molecule has 0 bridgehead atoms. The molecule has 0 aliphatic rings. The average Bonchev–Trinajstić information content (AvgIpc) is 3.00. The van der Waals surface area contributed by atoms with E-state index < -0.39 is 16.0 Å². The number of oxazole rings is 1. The summed E-state index contributed by atoms with van der Waals surface area (Å²) < 4.78 is 33.5. The van der Waals surface area contributed by atoms with E-state index in [1.54, 1.807) is 0 Å². The van der Waals surface area contributed by atoms with E-state index in [1.807, 2.05) is 6.07 Å². The van der Waals surface area contributed by atoms with Gasteiger partial charge in [-0.3, -0.25) is 0 Å². The normalized spacial score (nSPS) is 11.2. The minimum atomic E-state index is -3.93. The zero-order valence-corrected chi connectivity index (χ0v) is 13.9. The molecule has 132 valence electrons. The molecule has 0 radical (unpaired) electrons. The van der Waals surface area contributed by atoms with Crippen LogP contribution in [0.25, 0.3) is 11.1 Å². The molecule has 2 aromatic carbocycles. The first-order valence-corrected chi connectivity index (χ1v) is 8.65. The highest BCUT2D eigenvalue weighted by molar-refractivity contribution is 7.89. The summed E-state index contributed by atoms with van der Waals surface area (Å²) in [5.74, 6) is -0.787. The third-order valence-electron chi connectivity index (χ3n) is 3.43. The Kier molecular flexibility index (Phi) is 4.33. The monoisotopic (exact) mass is 373 g/mol. The van der Waals surface area contributed by atoms with Crippen LogP contribution in [0.15, 0.2) is 45.7 Å². The van der Waals surface area contributed by atoms with Crippen molar-refractivity contribution in [2.24, 2.45) is 5.14 Å². The fraction of sp³-hybridized carbons (Fsp3) is 0.0625. The zero-order chi connectivity index (χ0) is 18.9. The molecule has 0 saturated carbocycles. The van der Waals surface area contributed by atoms with Crippen molar-refractivity contribution in [3.8, 4) is 11.8 Å². The number of rotatable bonds is 5. The van der Waals surface area contributed by atoms with Crippen LogP contribution in [0.3, 0.4) is 0 Å². The Balaban J connectivity index is 1.84. The van der Waals surface area contributed by atoms with Gasteiger partial charge in [-0.25, -0.2) is 23.3 Å². The molecular formula is C16H11N3O6S. The maximum Gasteiger partial charge on any atom is 0.335 e. The molecule has 1 heterocycles. The number of nitrogens with two attached hydrogens (primary N) is 1. The summed E-state index contributed by atoms with van der Waals surface area (Å²) in [7, 11) is -3.93. The molecule has 1 aromatic heterocycles. The number of nitriles is 1. The number of aromatic nitrogens is 1. The SMILES string of the molecule is N#Cc1cc(S(N)(=O)=O)ccc1OCc1nc2ccc(C(=O)O)cc2o1. The number of ether oxygens (including phenoxy) is 1. The van der Waals surface area contributed by atoms with Gasteiger partial charge < -0.3 is 14.3 Å². The Hall–Kier alpha value is -3.42. The molecule has 0 spiro atoms. The van der Waals surface area contributed by atoms with Gasteiger partial charge in [-0.15, -0.1) is 0 Å². The smallest absolute Gasteiger partial charge is 0.335 e. The largest absolute Gasteiger partial charge is 0.482 e. The van der Waals surface area contributed by atoms with Crippen molar-refractivity contribution in [3.63, 3.8) is 0 Å². The first-order valence-electron chi connectivity index (χ1n) is 7.10. The van der Waals surface area contributed by atoms with Gasteiger partial charge in [0.05, 0.1) is 16.0 Å². The van der Waals surface area contributed by atoms with E-state index in [4.69, 9.17) is 24.7 Å². The fourth-order valence-electron chi connectivity index (χ4n) is 2.21. The number of hydrogen-bond acceptors (Lipinski definition) is 7. The summed E-state index contributed by atoms with van der Waals surface area (Å²) in [4.78, 5) is 14.9. The first kappa shape index (κ1) is 17.4. The van der Waals surface area contributed by atoms with Crippen LogP contribution >= 0.6 is 0 Å². The van der Waals surface area contributed by atoms with Gasteiger partial charge in [-0.05, 0) is 36.4 Å². The number of nitrogens with zero attached hydrogens (tertiary/aromatic N) is 2. The summed E-state index contributed by atoms with van der Waals surface area (Å²) in [6.45, 7) is -0.138. The zero-order valence-electron chi connectivity index (χ0n) is 13.0. The van der Waals surface area contributed by atoms with Gasteiger partial charge in [-0.2, -0.15) is 5.26 Å². The lowest BCUT2D eigenvalue weighted by Crippen LogP contribution is -2.12. The number of carboxylic acid groups (broad SMARTS) is 1. The van der Waals surface area contributed by atoms with Gasteiger partial charge in [0.15, 0.2) is 12.2 Å². The van der Waals surface area contributed by atoms with Crippen molar-refractivity contribution in [1.82, 2.24) is 4.98 Å². The van der Waals surface area contributed by atoms with Crippen molar-refractivity contribution in [1.29, 1.82) is 5.26 Å². The van der Waals surface area contributed by atoms with E-state index >= 15 is 0 Å². The minimum Gasteiger partial charge on any atom is -0.482 e. The van der Waals surface area contributed by atoms with Gasteiger partial charge in [0.1, 0.15) is 17.3 Å². The van der Waals surface area contributed by atoms with Crippen LogP contribution in [0, 0.1) is 11.3 Å². The third-order valence-corrected chi connectivity index (χ3v) is 4.34. The number of sulfonamides is 1. The molecule has 0 aliphatic carbocycles. The molecule has 10 heteroatoms. The number of hydrogen-bond donors (Lipinski definition) is 2. The van der Waals surface area contributed by atoms with Gasteiger partial charge >= 0.3 is 5.97 Å². The Bertz CT molecular complexity index is 1160. The highest BCUT2D eigenvalue weighted by Crippen LogP contribution is 2.23. The molecule has 0 fully saturated rings. The molecule has 26 heavy (non-hydrogen) atoms. The summed E-state index contributed by atoms with van der Waals surface area (Å²) in [5, 5.41) is 23.1. The molecule has 9 nitrogen and oxygen atoms in total. The molecule has 0 saturated heterocycles. The molecule has 3 N–H and O–H groups in total. The van der Waals surface area contributed by atoms with Gasteiger partial charge in [0, 0.05) is 0 Å². The number of benzene rings is 2. The van der Waals surface area contributed by atoms with E-state index in [1.165, 1.54) is 30.3 Å². The molecule has 0 atom stereocenters. The van der Waals surface area contributed by atoms with Crippen LogP contribution in [0.4, 0.5) is 0 Å². The quantitative estimate of drug-likeness (QED) is 0.683. The fourth-order valence-corrected chi connectivity index (χ4v) is 2.75. The maximum absolute atomic E-state index is 11.3. The van der Waals surface area contributed by atoms with E-state index in [2.05, 4.69) is 4.98 Å². The van der Waals surface area contributed by atoms with Crippen LogP contribution in [-0.2, 0) is 16.6 Å². The Morgan fingerprint density at radius 2 is 2.08 bits per heavy atom. The lowest BCUT2D eigenvalue weighted by molar-refractivity contribution is 0.0697. The van der Waals surface area contributed by atoms with Gasteiger partial charge in [0.2, 0.25) is 15.9 Å². The molecule has 0 amide bonds. The lowest BCUT2D eigenvalue weighted by atomic mass is 10.2. The van der Waals surface area contributed by atoms with E-state index in [0.29, 0.717) is 5.52 Å². The standard InChI is InChI=1S/C16H11N3O6S/c17-7-10-5-11(26(18,22)23)2-4-13(10)24-8-15-19-12-3-1-9(16(20)21)6-14(12)25-15/h1-6H,8H2,(H,20,21)(H2,18,22,23). The van der Waals surface area contributed by atoms with Crippen LogP contribution in [0.1, 0.15) is 21.8 Å². The first-order chi connectivity index (χ1) is 12.3. The second kappa shape index (κ2) is 6.47. The van der Waals surface area contributed by atoms with Crippen LogP contribution < -0.4 is 9.88 Å². The molecule has 3 rings (SSSR count). The van der Waals surface area contributed by atoms with Crippen LogP contribution in [-0.4, -0.2) is 24.5 Å². The summed E-state index contributed by atoms with van der Waals surface area (Å²) in [5.41, 5.74) is 0.791. The summed E-state index contributed by atoms with van der Waals surface area (Å²) in [6, 6.07) is 9.72. The van der Waals surface area contributed by atoms with Crippen molar-refractivity contribution in [2.75, 3.05) is 0 Å². The number of carbonyl (C=O) groups is 1. The number of aromatic carboxylic acids is 1. The van der Waals surface area contributed by atoms with Crippen molar-refractivity contribution < 1.29 is 27.5 Å². The van der Waals surface area contributed by atoms with Crippen molar-refractivity contribution >= 4 is 27.1 Å². The molecule has 0 unspecified atom stereocenters. The van der Waals surface area contributed by atoms with Crippen LogP contribution in [0.2, 0.25) is 0 Å². The second-order valence-corrected chi connectivity index (χ2v) is 6.76. The predicted molar refractivity (Wildman–Crippen MR) is 87.8 cm³/mol. The molecule has 3 aromatic rings. The molecule has 0 aliphatic heterocycles. The summed E-state index contributed by atoms with van der Waals surface area (Å²) >= 11 is 0. The lowest BCUT2D eigenvalue weighted by Gasteiger charge is -2.07. The maximum atomic E-state index is 11.3. The van der Waals surface area contributed by atoms with Gasteiger partial charge in [-0.1, -0.05) is 0 Å². The number of primary sulfonamides is 1. The molecular weight excluding hydrogens is 362 g/mol. The van der Waals surface area contributed by atoms with E-state index in [0.717, 1.165) is 6.07 Å². The minimum absolute atomic E-state index is 0.0131. The predicted octanol–water partition coefficient (Wildman–Crippen LogP) is 1.62. The Labute approximate surface area is 147 Å². The highest BCUT2D eigenvalue weighted by Gasteiger charge is 2.14. The van der Waals surface area contributed by atoms with E-state index in [-0.39, 0.29) is 39.9 Å². The van der Waals surface area contributed by atoms with Crippen LogP contribution in [0.5, 0.6) is 5.75 Å². The van der Waals surface area contributed by atoms with E-state index in [9.17, 15) is 13.2 Å². The third kappa shape index (κ3) is 3.49. The Morgan fingerprint density at radius 1 is 1.31 bits per heavy atom. The highest BCUT2D eigenvalue weighted by atomic mass is 32.2. The number of carboxylic acids is 1. The van der Waals surface area contributed by atoms with Crippen molar-refractivity contribution in [2.45, 2.75) is 11.5 Å². The van der Waals surface area contributed by atoms with Crippen molar-refractivity contribution in [3.05, 3.63) is 53.4 Å². The number of fused-ring (bicyclic) bond motifs is 1. The van der Waals surface area contributed by atoms with Gasteiger partial charge in [0.25, 0.3) is 0 Å². The topological polar surface area (TPSA) is 157 Å².